The topological polar surface area (TPSA) is 41.5 Å². The summed E-state index contributed by atoms with van der Waals surface area (Å²) in [6.45, 7) is 2.82. The van der Waals surface area contributed by atoms with Gasteiger partial charge in [-0.25, -0.2) is 0 Å². The van der Waals surface area contributed by atoms with E-state index < -0.39 is 0 Å². The first-order valence-electron chi connectivity index (χ1n) is 4.79. The summed E-state index contributed by atoms with van der Waals surface area (Å²) >= 11 is 0. The highest BCUT2D eigenvalue weighted by atomic mass is 16.5. The van der Waals surface area contributed by atoms with E-state index >= 15 is 0 Å². The van der Waals surface area contributed by atoms with E-state index in [2.05, 4.69) is 5.32 Å². The standard InChI is InChI=1S/C11H15NO2/c1-11(7-12-2)6-8-4-3-5-9(13)10(8)14-11/h3-5,12-13H,6-7H2,1-2H3. The molecule has 2 N–H and O–H groups in total. The number of phenols is 1. The Morgan fingerprint density at radius 1 is 1.57 bits per heavy atom. The maximum Gasteiger partial charge on any atom is 0.165 e. The molecule has 1 unspecified atom stereocenters. The van der Waals surface area contributed by atoms with Crippen LogP contribution in [0.25, 0.3) is 0 Å². The largest absolute Gasteiger partial charge is 0.504 e. The number of para-hydroxylation sites is 1. The zero-order valence-corrected chi connectivity index (χ0v) is 8.50. The Morgan fingerprint density at radius 2 is 2.36 bits per heavy atom. The summed E-state index contributed by atoms with van der Waals surface area (Å²) in [5.41, 5.74) is 0.860. The zero-order chi connectivity index (χ0) is 10.2. The van der Waals surface area contributed by atoms with Crippen molar-refractivity contribution in [3.63, 3.8) is 0 Å². The van der Waals surface area contributed by atoms with E-state index in [1.165, 1.54) is 0 Å². The normalized spacial score (nSPS) is 24.4. The molecule has 76 valence electrons. The fourth-order valence-corrected chi connectivity index (χ4v) is 1.99. The van der Waals surface area contributed by atoms with Crippen LogP contribution in [-0.4, -0.2) is 24.3 Å². The quantitative estimate of drug-likeness (QED) is 0.744. The maximum absolute atomic E-state index is 9.59. The second-order valence-corrected chi connectivity index (χ2v) is 4.02. The van der Waals surface area contributed by atoms with Crippen molar-refractivity contribution >= 4 is 0 Å². The molecule has 1 heterocycles. The van der Waals surface area contributed by atoms with Crippen molar-refractivity contribution in [3.8, 4) is 11.5 Å². The molecule has 3 nitrogen and oxygen atoms in total. The van der Waals surface area contributed by atoms with Gasteiger partial charge < -0.3 is 15.2 Å². The minimum Gasteiger partial charge on any atom is -0.504 e. The monoisotopic (exact) mass is 193 g/mol. The van der Waals surface area contributed by atoms with E-state index in [-0.39, 0.29) is 11.4 Å². The minimum atomic E-state index is -0.226. The average Bonchev–Trinajstić information content (AvgIpc) is 2.44. The van der Waals surface area contributed by atoms with Crippen LogP contribution in [0, 0.1) is 0 Å². The molecule has 0 aromatic heterocycles. The van der Waals surface area contributed by atoms with Gasteiger partial charge in [-0.15, -0.1) is 0 Å². The Hall–Kier alpha value is -1.22. The molecule has 14 heavy (non-hydrogen) atoms. The fraction of sp³-hybridized carbons (Fsp3) is 0.455. The lowest BCUT2D eigenvalue weighted by molar-refractivity contribution is 0.113. The van der Waals surface area contributed by atoms with E-state index in [0.717, 1.165) is 18.5 Å². The molecule has 0 saturated heterocycles. The number of likely N-dealkylation sites (N-methyl/N-ethyl adjacent to an activating group) is 1. The van der Waals surface area contributed by atoms with Crippen LogP contribution in [0.5, 0.6) is 11.5 Å². The first-order valence-corrected chi connectivity index (χ1v) is 4.79. The van der Waals surface area contributed by atoms with Gasteiger partial charge in [0.05, 0.1) is 0 Å². The van der Waals surface area contributed by atoms with E-state index in [4.69, 9.17) is 4.74 Å². The van der Waals surface area contributed by atoms with Crippen molar-refractivity contribution in [2.75, 3.05) is 13.6 Å². The Bertz CT molecular complexity index is 351. The minimum absolute atomic E-state index is 0.226. The van der Waals surface area contributed by atoms with Crippen molar-refractivity contribution in [2.45, 2.75) is 18.9 Å². The maximum atomic E-state index is 9.59. The summed E-state index contributed by atoms with van der Waals surface area (Å²) in [7, 11) is 1.90. The van der Waals surface area contributed by atoms with Crippen LogP contribution in [0.15, 0.2) is 18.2 Å². The lowest BCUT2D eigenvalue weighted by atomic mass is 9.99. The summed E-state index contributed by atoms with van der Waals surface area (Å²) in [5.74, 6) is 0.882. The van der Waals surface area contributed by atoms with Crippen LogP contribution in [0.3, 0.4) is 0 Å². The van der Waals surface area contributed by atoms with Crippen LogP contribution in [0.1, 0.15) is 12.5 Å². The Balaban J connectivity index is 2.29. The number of hydrogen-bond donors (Lipinski definition) is 2. The SMILES string of the molecule is CNCC1(C)Cc2cccc(O)c2O1. The molecular weight excluding hydrogens is 178 g/mol. The summed E-state index contributed by atoms with van der Waals surface area (Å²) in [5, 5.41) is 12.7. The fourth-order valence-electron chi connectivity index (χ4n) is 1.99. The van der Waals surface area contributed by atoms with E-state index in [9.17, 15) is 5.11 Å². The highest BCUT2D eigenvalue weighted by Gasteiger charge is 2.35. The van der Waals surface area contributed by atoms with Crippen molar-refractivity contribution in [1.29, 1.82) is 0 Å². The molecule has 2 rings (SSSR count). The Kier molecular flexibility index (Phi) is 2.11. The lowest BCUT2D eigenvalue weighted by Crippen LogP contribution is -2.40. The second-order valence-electron chi connectivity index (χ2n) is 4.02. The Morgan fingerprint density at radius 3 is 3.00 bits per heavy atom. The summed E-state index contributed by atoms with van der Waals surface area (Å²) in [4.78, 5) is 0. The summed E-state index contributed by atoms with van der Waals surface area (Å²) in [6.07, 6.45) is 0.845. The van der Waals surface area contributed by atoms with Gasteiger partial charge in [0.25, 0.3) is 0 Å². The van der Waals surface area contributed by atoms with Gasteiger partial charge in [0.15, 0.2) is 11.5 Å². The van der Waals surface area contributed by atoms with Crippen molar-refractivity contribution in [2.24, 2.45) is 0 Å². The van der Waals surface area contributed by atoms with Gasteiger partial charge >= 0.3 is 0 Å². The van der Waals surface area contributed by atoms with Crippen LogP contribution < -0.4 is 10.1 Å². The molecule has 1 aliphatic heterocycles. The van der Waals surface area contributed by atoms with Gasteiger partial charge in [-0.1, -0.05) is 12.1 Å². The molecule has 0 bridgehead atoms. The molecule has 3 heteroatoms. The predicted octanol–water partition coefficient (Wildman–Crippen LogP) is 1.31. The molecule has 0 radical (unpaired) electrons. The molecule has 0 amide bonds. The van der Waals surface area contributed by atoms with Gasteiger partial charge in [-0.2, -0.15) is 0 Å². The lowest BCUT2D eigenvalue weighted by Gasteiger charge is -2.23. The zero-order valence-electron chi connectivity index (χ0n) is 8.50. The third kappa shape index (κ3) is 1.44. The van der Waals surface area contributed by atoms with Crippen LogP contribution in [-0.2, 0) is 6.42 Å². The summed E-state index contributed by atoms with van der Waals surface area (Å²) < 4.78 is 5.75. The van der Waals surface area contributed by atoms with Crippen LogP contribution in [0.4, 0.5) is 0 Å². The first kappa shape index (κ1) is 9.34. The average molecular weight is 193 g/mol. The number of hydrogen-bond acceptors (Lipinski definition) is 3. The third-order valence-corrected chi connectivity index (χ3v) is 2.54. The molecule has 0 saturated carbocycles. The van der Waals surface area contributed by atoms with Crippen molar-refractivity contribution in [3.05, 3.63) is 23.8 Å². The van der Waals surface area contributed by atoms with E-state index in [1.54, 1.807) is 6.07 Å². The van der Waals surface area contributed by atoms with E-state index in [1.807, 2.05) is 26.1 Å². The number of fused-ring (bicyclic) bond motifs is 1. The second kappa shape index (κ2) is 3.17. The third-order valence-electron chi connectivity index (χ3n) is 2.54. The number of phenolic OH excluding ortho intramolecular Hbond substituents is 1. The van der Waals surface area contributed by atoms with Crippen LogP contribution in [0.2, 0.25) is 0 Å². The van der Waals surface area contributed by atoms with Crippen LogP contribution >= 0.6 is 0 Å². The number of nitrogens with one attached hydrogen (secondary N) is 1. The predicted molar refractivity (Wildman–Crippen MR) is 54.8 cm³/mol. The molecule has 1 aromatic rings. The molecule has 1 aliphatic rings. The number of ether oxygens (including phenoxy) is 1. The smallest absolute Gasteiger partial charge is 0.165 e. The van der Waals surface area contributed by atoms with Gasteiger partial charge in [0.1, 0.15) is 5.60 Å². The van der Waals surface area contributed by atoms with Gasteiger partial charge in [0, 0.05) is 18.5 Å². The molecule has 1 atom stereocenters. The Labute approximate surface area is 83.7 Å². The molecule has 0 spiro atoms. The first-order chi connectivity index (χ1) is 6.64. The molecule has 0 aliphatic carbocycles. The molecular formula is C11H15NO2. The van der Waals surface area contributed by atoms with Gasteiger partial charge in [-0.3, -0.25) is 0 Å². The molecule has 1 aromatic carbocycles. The van der Waals surface area contributed by atoms with Gasteiger partial charge in [-0.05, 0) is 20.0 Å². The number of rotatable bonds is 2. The summed E-state index contributed by atoms with van der Waals surface area (Å²) in [6, 6.07) is 5.50. The number of benzene rings is 1. The van der Waals surface area contributed by atoms with Crippen molar-refractivity contribution < 1.29 is 9.84 Å². The van der Waals surface area contributed by atoms with E-state index in [0.29, 0.717) is 5.75 Å². The van der Waals surface area contributed by atoms with Gasteiger partial charge in [0.2, 0.25) is 0 Å². The van der Waals surface area contributed by atoms with Crippen molar-refractivity contribution in [1.82, 2.24) is 5.32 Å². The highest BCUT2D eigenvalue weighted by molar-refractivity contribution is 5.49. The number of aromatic hydroxyl groups is 1. The molecule has 0 fully saturated rings. The highest BCUT2D eigenvalue weighted by Crippen LogP contribution is 2.40.